The lowest BCUT2D eigenvalue weighted by Gasteiger charge is -2.13. The summed E-state index contributed by atoms with van der Waals surface area (Å²) in [6.45, 7) is -0.488. The molecule has 2 aromatic rings. The Morgan fingerprint density at radius 1 is 1.62 bits per heavy atom. The van der Waals surface area contributed by atoms with Crippen LogP contribution >= 0.6 is 0 Å². The third-order valence-corrected chi connectivity index (χ3v) is 3.29. The first-order valence-electron chi connectivity index (χ1n) is 6.03. The van der Waals surface area contributed by atoms with E-state index in [1.807, 2.05) is 0 Å². The molecular weight excluding hydrogens is 285 g/mol. The Morgan fingerprint density at radius 2 is 2.38 bits per heavy atom. The van der Waals surface area contributed by atoms with Crippen LogP contribution in [0.1, 0.15) is 6.23 Å². The van der Waals surface area contributed by atoms with Gasteiger partial charge in [0.25, 0.3) is 5.56 Å². The van der Waals surface area contributed by atoms with Crippen molar-refractivity contribution in [1.29, 1.82) is 0 Å². The highest BCUT2D eigenvalue weighted by atomic mass is 19.1. The van der Waals surface area contributed by atoms with E-state index < -0.39 is 30.6 Å². The van der Waals surface area contributed by atoms with Gasteiger partial charge in [-0.25, -0.2) is 9.37 Å². The molecule has 0 saturated carbocycles. The van der Waals surface area contributed by atoms with Crippen molar-refractivity contribution in [2.45, 2.75) is 18.4 Å². The molecule has 0 unspecified atom stereocenters. The highest BCUT2D eigenvalue weighted by Gasteiger charge is 2.40. The van der Waals surface area contributed by atoms with Crippen LogP contribution in [0.5, 0.6) is 0 Å². The molecule has 3 atom stereocenters. The number of nitrogens with two attached hydrogens (primary N) is 1. The molecule has 0 aliphatic carbocycles. The molecule has 2 aromatic heterocycles. The molecule has 3 rings (SSSR count). The number of aliphatic hydroxyl groups excluding tert-OH is 2. The van der Waals surface area contributed by atoms with Crippen LogP contribution in [-0.4, -0.2) is 48.5 Å². The second-order valence-corrected chi connectivity index (χ2v) is 4.54. The lowest BCUT2D eigenvalue weighted by atomic mass is 10.1. The number of aromatic amines is 1. The van der Waals surface area contributed by atoms with Crippen LogP contribution in [0.15, 0.2) is 23.0 Å². The number of hydrogen-bond acceptors (Lipinski definition) is 7. The summed E-state index contributed by atoms with van der Waals surface area (Å²) in [4.78, 5) is 21.8. The van der Waals surface area contributed by atoms with Gasteiger partial charge in [0.2, 0.25) is 5.95 Å². The van der Waals surface area contributed by atoms with Crippen molar-refractivity contribution in [1.82, 2.24) is 19.5 Å². The van der Waals surface area contributed by atoms with Crippen LogP contribution in [-0.2, 0) is 4.74 Å². The number of nitrogens with one attached hydrogen (secondary N) is 1. The molecule has 1 saturated heterocycles. The number of aliphatic hydroxyl groups is 2. The number of anilines is 1. The van der Waals surface area contributed by atoms with Crippen molar-refractivity contribution in [3.05, 3.63) is 28.6 Å². The van der Waals surface area contributed by atoms with Gasteiger partial charge >= 0.3 is 0 Å². The molecule has 112 valence electrons. The quantitative estimate of drug-likeness (QED) is 0.546. The number of hydrogen-bond donors (Lipinski definition) is 4. The van der Waals surface area contributed by atoms with Gasteiger partial charge in [0, 0.05) is 5.57 Å². The highest BCUT2D eigenvalue weighted by molar-refractivity contribution is 5.70. The molecule has 3 heterocycles. The van der Waals surface area contributed by atoms with E-state index in [1.165, 1.54) is 10.9 Å². The molecule has 21 heavy (non-hydrogen) atoms. The number of rotatable bonds is 2. The Kier molecular flexibility index (Phi) is 3.20. The molecule has 9 nitrogen and oxygen atoms in total. The van der Waals surface area contributed by atoms with E-state index in [1.54, 1.807) is 0 Å². The molecular formula is C11H12FN5O4. The number of ether oxygens (including phenoxy) is 1. The van der Waals surface area contributed by atoms with Gasteiger partial charge < -0.3 is 20.7 Å². The first kappa shape index (κ1) is 13.7. The average Bonchev–Trinajstić information content (AvgIpc) is 2.99. The zero-order valence-electron chi connectivity index (χ0n) is 10.6. The zero-order chi connectivity index (χ0) is 15.1. The summed E-state index contributed by atoms with van der Waals surface area (Å²) in [7, 11) is 0. The molecule has 0 aromatic carbocycles. The fourth-order valence-corrected chi connectivity index (χ4v) is 2.28. The number of imidazole rings is 1. The fourth-order valence-electron chi connectivity index (χ4n) is 2.28. The van der Waals surface area contributed by atoms with Gasteiger partial charge in [-0.1, -0.05) is 0 Å². The van der Waals surface area contributed by atoms with Gasteiger partial charge in [0.1, 0.15) is 12.2 Å². The standard InChI is InChI=1S/C11H12FN5O4/c12-1-4-7(19)5(2-18)21-10(4)17-3-14-6-8(17)15-11(13)16-9(6)20/h1,3,5,7,10,18-19H,2H2,(H3,13,15,16,20)/b4-1-/t5-,7+,10-/m1/s1. The van der Waals surface area contributed by atoms with Crippen molar-refractivity contribution in [2.24, 2.45) is 0 Å². The van der Waals surface area contributed by atoms with Crippen LogP contribution in [0.3, 0.4) is 0 Å². The summed E-state index contributed by atoms with van der Waals surface area (Å²) >= 11 is 0. The van der Waals surface area contributed by atoms with Gasteiger partial charge in [-0.15, -0.1) is 0 Å². The monoisotopic (exact) mass is 297 g/mol. The Hall–Kier alpha value is -2.30. The average molecular weight is 297 g/mol. The highest BCUT2D eigenvalue weighted by Crippen LogP contribution is 2.35. The lowest BCUT2D eigenvalue weighted by molar-refractivity contribution is -0.0422. The Bertz CT molecular complexity index is 770. The summed E-state index contributed by atoms with van der Waals surface area (Å²) in [6, 6.07) is 0. The third kappa shape index (κ3) is 2.00. The van der Waals surface area contributed by atoms with Crippen molar-refractivity contribution in [2.75, 3.05) is 12.3 Å². The molecule has 10 heteroatoms. The van der Waals surface area contributed by atoms with Crippen molar-refractivity contribution in [3.8, 4) is 0 Å². The second kappa shape index (κ2) is 4.91. The van der Waals surface area contributed by atoms with Gasteiger partial charge in [-0.3, -0.25) is 14.3 Å². The summed E-state index contributed by atoms with van der Waals surface area (Å²) in [6.07, 6.45) is -1.92. The number of halogens is 1. The van der Waals surface area contributed by atoms with Crippen LogP contribution < -0.4 is 11.3 Å². The van der Waals surface area contributed by atoms with E-state index >= 15 is 0 Å². The van der Waals surface area contributed by atoms with Crippen LogP contribution in [0, 0.1) is 0 Å². The molecule has 1 fully saturated rings. The van der Waals surface area contributed by atoms with Gasteiger partial charge in [0.15, 0.2) is 17.4 Å². The molecule has 0 bridgehead atoms. The largest absolute Gasteiger partial charge is 0.394 e. The molecule has 0 amide bonds. The SMILES string of the molecule is Nc1nc2c(ncn2[C@@H]2O[C@H](CO)[C@@H](O)/C2=C/F)c(=O)[nH]1. The molecule has 5 N–H and O–H groups in total. The number of nitrogens with zero attached hydrogens (tertiary/aromatic N) is 3. The maximum Gasteiger partial charge on any atom is 0.280 e. The van der Waals surface area contributed by atoms with Gasteiger partial charge in [-0.2, -0.15) is 4.98 Å². The normalized spacial score (nSPS) is 27.8. The van der Waals surface area contributed by atoms with Crippen LogP contribution in [0.4, 0.5) is 10.3 Å². The van der Waals surface area contributed by atoms with Crippen molar-refractivity contribution in [3.63, 3.8) is 0 Å². The van der Waals surface area contributed by atoms with E-state index in [-0.39, 0.29) is 29.0 Å². The second-order valence-electron chi connectivity index (χ2n) is 4.54. The summed E-state index contributed by atoms with van der Waals surface area (Å²) in [5, 5.41) is 19.0. The maximum atomic E-state index is 13.0. The first-order valence-corrected chi connectivity index (χ1v) is 6.03. The third-order valence-electron chi connectivity index (χ3n) is 3.29. The van der Waals surface area contributed by atoms with Gasteiger partial charge in [0.05, 0.1) is 19.3 Å². The van der Waals surface area contributed by atoms with E-state index in [0.29, 0.717) is 0 Å². The maximum absolute atomic E-state index is 13.0. The van der Waals surface area contributed by atoms with Gasteiger partial charge in [-0.05, 0) is 0 Å². The minimum absolute atomic E-state index is 0.00736. The lowest BCUT2D eigenvalue weighted by Crippen LogP contribution is -2.25. The van der Waals surface area contributed by atoms with Crippen molar-refractivity contribution >= 4 is 17.1 Å². The smallest absolute Gasteiger partial charge is 0.280 e. The Morgan fingerprint density at radius 3 is 3.05 bits per heavy atom. The van der Waals surface area contributed by atoms with Crippen molar-refractivity contribution < 1.29 is 19.3 Å². The summed E-state index contributed by atoms with van der Waals surface area (Å²) < 4.78 is 19.7. The molecule has 0 radical (unpaired) electrons. The van der Waals surface area contributed by atoms with E-state index in [9.17, 15) is 14.3 Å². The Labute approximate surface area is 116 Å². The molecule has 1 aliphatic heterocycles. The predicted octanol–water partition coefficient (Wildman–Crippen LogP) is -1.19. The minimum atomic E-state index is -1.30. The first-order chi connectivity index (χ1) is 10.1. The number of nitrogen functional groups attached to an aromatic ring is 1. The Balaban J connectivity index is 2.15. The zero-order valence-corrected chi connectivity index (χ0v) is 10.6. The molecule has 0 spiro atoms. The number of fused-ring (bicyclic) bond motifs is 1. The van der Waals surface area contributed by atoms with Crippen LogP contribution in [0.2, 0.25) is 0 Å². The number of H-pyrrole nitrogens is 1. The van der Waals surface area contributed by atoms with E-state index in [2.05, 4.69) is 15.0 Å². The van der Waals surface area contributed by atoms with E-state index in [4.69, 9.17) is 15.6 Å². The predicted molar refractivity (Wildman–Crippen MR) is 68.8 cm³/mol. The van der Waals surface area contributed by atoms with Crippen LogP contribution in [0.25, 0.3) is 11.2 Å². The molecule has 1 aliphatic rings. The topological polar surface area (TPSA) is 139 Å². The fraction of sp³-hybridized carbons (Fsp3) is 0.364. The summed E-state index contributed by atoms with van der Waals surface area (Å²) in [5.74, 6) is -0.128. The number of aromatic nitrogens is 4. The minimum Gasteiger partial charge on any atom is -0.394 e. The summed E-state index contributed by atoms with van der Waals surface area (Å²) in [5.41, 5.74) is 4.92. The van der Waals surface area contributed by atoms with E-state index in [0.717, 1.165) is 0 Å².